The molecular formula is C13H17NO2. The van der Waals surface area contributed by atoms with Crippen LogP contribution in [0.2, 0.25) is 0 Å². The first-order chi connectivity index (χ1) is 7.65. The third-order valence-corrected chi connectivity index (χ3v) is 2.53. The van der Waals surface area contributed by atoms with Crippen molar-refractivity contribution in [2.24, 2.45) is 5.92 Å². The summed E-state index contributed by atoms with van der Waals surface area (Å²) in [6, 6.07) is 9.14. The molecule has 0 aliphatic rings. The predicted octanol–water partition coefficient (Wildman–Crippen LogP) is 2.05. The average Bonchev–Trinajstić information content (AvgIpc) is 2.30. The van der Waals surface area contributed by atoms with Gasteiger partial charge in [-0.25, -0.2) is 0 Å². The Balaban J connectivity index is 2.57. The first kappa shape index (κ1) is 12.5. The Bertz CT molecular complexity index is 348. The van der Waals surface area contributed by atoms with Gasteiger partial charge in [0.25, 0.3) is 0 Å². The molecule has 0 aliphatic heterocycles. The van der Waals surface area contributed by atoms with Crippen LogP contribution in [-0.4, -0.2) is 17.1 Å². The predicted molar refractivity (Wildman–Crippen MR) is 64.1 cm³/mol. The molecule has 1 aromatic rings. The van der Waals surface area contributed by atoms with Crippen molar-refractivity contribution in [1.29, 1.82) is 0 Å². The van der Waals surface area contributed by atoms with E-state index in [0.29, 0.717) is 6.54 Å². The van der Waals surface area contributed by atoms with E-state index in [-0.39, 0.29) is 5.92 Å². The number of hydrogen-bond acceptors (Lipinski definition) is 2. The molecule has 0 radical (unpaired) electrons. The Labute approximate surface area is 95.8 Å². The highest BCUT2D eigenvalue weighted by atomic mass is 16.4. The van der Waals surface area contributed by atoms with E-state index in [2.05, 4.69) is 11.9 Å². The van der Waals surface area contributed by atoms with Crippen LogP contribution in [0.15, 0.2) is 43.0 Å². The van der Waals surface area contributed by atoms with Crippen molar-refractivity contribution in [3.05, 3.63) is 48.6 Å². The smallest absolute Gasteiger partial charge is 0.321 e. The molecule has 3 heteroatoms. The summed E-state index contributed by atoms with van der Waals surface area (Å²) in [7, 11) is 0. The Morgan fingerprint density at radius 2 is 2.12 bits per heavy atom. The Hall–Kier alpha value is -1.61. The van der Waals surface area contributed by atoms with Gasteiger partial charge in [0.2, 0.25) is 0 Å². The summed E-state index contributed by atoms with van der Waals surface area (Å²) in [5.74, 6) is -0.940. The number of benzene rings is 1. The highest BCUT2D eigenvalue weighted by Crippen LogP contribution is 2.06. The lowest BCUT2D eigenvalue weighted by Crippen LogP contribution is -2.40. The van der Waals surface area contributed by atoms with E-state index in [1.165, 1.54) is 0 Å². The molecular weight excluding hydrogens is 202 g/mol. The third kappa shape index (κ3) is 3.51. The molecule has 0 heterocycles. The maximum atomic E-state index is 11.0. The number of carbonyl (C=O) groups is 1. The molecule has 3 nitrogen and oxygen atoms in total. The van der Waals surface area contributed by atoms with Gasteiger partial charge in [0.05, 0.1) is 0 Å². The van der Waals surface area contributed by atoms with Crippen molar-refractivity contribution in [2.75, 3.05) is 0 Å². The van der Waals surface area contributed by atoms with E-state index in [9.17, 15) is 4.79 Å². The van der Waals surface area contributed by atoms with Crippen LogP contribution >= 0.6 is 0 Å². The maximum Gasteiger partial charge on any atom is 0.321 e. The molecule has 1 rings (SSSR count). The number of carboxylic acids is 1. The topological polar surface area (TPSA) is 49.3 Å². The normalized spacial score (nSPS) is 14.1. The van der Waals surface area contributed by atoms with Crippen LogP contribution in [-0.2, 0) is 11.3 Å². The van der Waals surface area contributed by atoms with Gasteiger partial charge in [0, 0.05) is 6.54 Å². The van der Waals surface area contributed by atoms with Crippen LogP contribution < -0.4 is 5.32 Å². The maximum absolute atomic E-state index is 11.0. The molecule has 1 aromatic carbocycles. The molecule has 16 heavy (non-hydrogen) atoms. The van der Waals surface area contributed by atoms with Gasteiger partial charge in [-0.05, 0) is 11.5 Å². The van der Waals surface area contributed by atoms with E-state index < -0.39 is 12.0 Å². The molecule has 0 spiro atoms. The Morgan fingerprint density at radius 1 is 1.50 bits per heavy atom. The van der Waals surface area contributed by atoms with Gasteiger partial charge in [-0.15, -0.1) is 6.58 Å². The third-order valence-electron chi connectivity index (χ3n) is 2.53. The standard InChI is InChI=1S/C13H17NO2/c1-3-10(2)12(13(15)16)14-9-11-7-5-4-6-8-11/h3-8,10,12,14H,1,9H2,2H3,(H,15,16)/t10-,12+/m1/s1. The molecule has 0 saturated carbocycles. The second-order valence-corrected chi connectivity index (χ2v) is 3.78. The zero-order chi connectivity index (χ0) is 12.0. The molecule has 2 atom stereocenters. The van der Waals surface area contributed by atoms with Crippen LogP contribution in [0.4, 0.5) is 0 Å². The van der Waals surface area contributed by atoms with E-state index in [1.807, 2.05) is 37.3 Å². The highest BCUT2D eigenvalue weighted by Gasteiger charge is 2.21. The summed E-state index contributed by atoms with van der Waals surface area (Å²) < 4.78 is 0. The molecule has 0 unspecified atom stereocenters. The summed E-state index contributed by atoms with van der Waals surface area (Å²) in [5.41, 5.74) is 1.07. The van der Waals surface area contributed by atoms with E-state index in [4.69, 9.17) is 5.11 Å². The van der Waals surface area contributed by atoms with Crippen molar-refractivity contribution >= 4 is 5.97 Å². The molecule has 86 valence electrons. The lowest BCUT2D eigenvalue weighted by Gasteiger charge is -2.18. The second-order valence-electron chi connectivity index (χ2n) is 3.78. The average molecular weight is 219 g/mol. The molecule has 2 N–H and O–H groups in total. The van der Waals surface area contributed by atoms with Gasteiger partial charge in [-0.1, -0.05) is 43.3 Å². The van der Waals surface area contributed by atoms with Gasteiger partial charge < -0.3 is 5.11 Å². The zero-order valence-electron chi connectivity index (χ0n) is 9.39. The largest absolute Gasteiger partial charge is 0.480 e. The van der Waals surface area contributed by atoms with Crippen LogP contribution in [0.25, 0.3) is 0 Å². The lowest BCUT2D eigenvalue weighted by atomic mass is 10.0. The minimum absolute atomic E-state index is 0.0961. The highest BCUT2D eigenvalue weighted by molar-refractivity contribution is 5.74. The Morgan fingerprint density at radius 3 is 2.62 bits per heavy atom. The van der Waals surface area contributed by atoms with Gasteiger partial charge >= 0.3 is 5.97 Å². The van der Waals surface area contributed by atoms with Crippen molar-refractivity contribution in [1.82, 2.24) is 5.32 Å². The van der Waals surface area contributed by atoms with Crippen molar-refractivity contribution in [3.8, 4) is 0 Å². The fraction of sp³-hybridized carbons (Fsp3) is 0.308. The summed E-state index contributed by atoms with van der Waals surface area (Å²) >= 11 is 0. The van der Waals surface area contributed by atoms with Crippen molar-refractivity contribution < 1.29 is 9.90 Å². The van der Waals surface area contributed by atoms with Gasteiger partial charge in [0.1, 0.15) is 6.04 Å². The first-order valence-electron chi connectivity index (χ1n) is 5.28. The minimum Gasteiger partial charge on any atom is -0.480 e. The lowest BCUT2D eigenvalue weighted by molar-refractivity contribution is -0.140. The van der Waals surface area contributed by atoms with Crippen LogP contribution in [0, 0.1) is 5.92 Å². The molecule has 0 aromatic heterocycles. The van der Waals surface area contributed by atoms with E-state index >= 15 is 0 Å². The van der Waals surface area contributed by atoms with E-state index in [1.54, 1.807) is 6.08 Å². The van der Waals surface area contributed by atoms with Crippen LogP contribution in [0.5, 0.6) is 0 Å². The number of rotatable bonds is 6. The SMILES string of the molecule is C=C[C@@H](C)[C@H](NCc1ccccc1)C(=O)O. The van der Waals surface area contributed by atoms with Crippen molar-refractivity contribution in [2.45, 2.75) is 19.5 Å². The summed E-state index contributed by atoms with van der Waals surface area (Å²) in [4.78, 5) is 11.0. The number of nitrogens with one attached hydrogen (secondary N) is 1. The first-order valence-corrected chi connectivity index (χ1v) is 5.28. The van der Waals surface area contributed by atoms with Crippen LogP contribution in [0.1, 0.15) is 12.5 Å². The van der Waals surface area contributed by atoms with Gasteiger partial charge in [0.15, 0.2) is 0 Å². The summed E-state index contributed by atoms with van der Waals surface area (Å²) in [6.07, 6.45) is 1.65. The van der Waals surface area contributed by atoms with Gasteiger partial charge in [-0.2, -0.15) is 0 Å². The molecule has 0 fully saturated rings. The van der Waals surface area contributed by atoms with E-state index in [0.717, 1.165) is 5.56 Å². The fourth-order valence-electron chi connectivity index (χ4n) is 1.46. The monoisotopic (exact) mass is 219 g/mol. The number of aliphatic carboxylic acids is 1. The number of hydrogen-bond donors (Lipinski definition) is 2. The summed E-state index contributed by atoms with van der Waals surface area (Å²) in [5, 5.41) is 12.1. The quantitative estimate of drug-likeness (QED) is 0.720. The van der Waals surface area contributed by atoms with Crippen molar-refractivity contribution in [3.63, 3.8) is 0 Å². The number of carboxylic acid groups (broad SMARTS) is 1. The van der Waals surface area contributed by atoms with Gasteiger partial charge in [-0.3, -0.25) is 10.1 Å². The zero-order valence-corrected chi connectivity index (χ0v) is 9.39. The Kier molecular flexibility index (Phi) is 4.73. The molecule has 0 saturated heterocycles. The molecule has 0 aliphatic carbocycles. The second kappa shape index (κ2) is 6.08. The summed E-state index contributed by atoms with van der Waals surface area (Å²) in [6.45, 7) is 6.00. The minimum atomic E-state index is -0.844. The molecule has 0 bridgehead atoms. The van der Waals surface area contributed by atoms with Crippen LogP contribution in [0.3, 0.4) is 0 Å². The fourth-order valence-corrected chi connectivity index (χ4v) is 1.46. The molecule has 0 amide bonds.